The first-order chi connectivity index (χ1) is 6.40. The summed E-state index contributed by atoms with van der Waals surface area (Å²) in [6, 6.07) is 0. The van der Waals surface area contributed by atoms with Gasteiger partial charge in [0.05, 0.1) is 6.17 Å². The molecule has 0 aromatic rings. The molecular formula is C9H19N3O2. The number of nitrogens with two attached hydrogens (primary N) is 1. The Morgan fingerprint density at radius 3 is 2.71 bits per heavy atom. The average molecular weight is 201 g/mol. The van der Waals surface area contributed by atoms with E-state index in [2.05, 4.69) is 5.32 Å². The second kappa shape index (κ2) is 4.14. The molecule has 5 nitrogen and oxygen atoms in total. The van der Waals surface area contributed by atoms with Crippen LogP contribution in [0.1, 0.15) is 20.8 Å². The van der Waals surface area contributed by atoms with Crippen molar-refractivity contribution in [1.29, 1.82) is 0 Å². The van der Waals surface area contributed by atoms with Crippen LogP contribution in [0.4, 0.5) is 4.79 Å². The van der Waals surface area contributed by atoms with Gasteiger partial charge in [-0.25, -0.2) is 4.79 Å². The van der Waals surface area contributed by atoms with Gasteiger partial charge >= 0.3 is 6.09 Å². The van der Waals surface area contributed by atoms with Crippen molar-refractivity contribution in [1.82, 2.24) is 10.2 Å². The zero-order chi connectivity index (χ0) is 10.8. The van der Waals surface area contributed by atoms with Gasteiger partial charge in [0.1, 0.15) is 5.60 Å². The Hall–Kier alpha value is -0.810. The highest BCUT2D eigenvalue weighted by Gasteiger charge is 2.27. The molecule has 0 aromatic heterocycles. The van der Waals surface area contributed by atoms with Gasteiger partial charge in [-0.3, -0.25) is 4.90 Å². The molecule has 0 spiro atoms. The molecule has 1 unspecified atom stereocenters. The van der Waals surface area contributed by atoms with E-state index >= 15 is 0 Å². The van der Waals surface area contributed by atoms with E-state index in [1.807, 2.05) is 20.8 Å². The van der Waals surface area contributed by atoms with Crippen LogP contribution in [0, 0.1) is 0 Å². The number of ether oxygens (including phenoxy) is 1. The molecule has 0 radical (unpaired) electrons. The van der Waals surface area contributed by atoms with Gasteiger partial charge in [0.15, 0.2) is 0 Å². The fraction of sp³-hybridized carbons (Fsp3) is 0.889. The van der Waals surface area contributed by atoms with Gasteiger partial charge in [0.25, 0.3) is 0 Å². The fourth-order valence-electron chi connectivity index (χ4n) is 1.27. The highest BCUT2D eigenvalue weighted by Crippen LogP contribution is 2.11. The molecule has 1 aliphatic rings. The lowest BCUT2D eigenvalue weighted by molar-refractivity contribution is 0.0128. The molecule has 14 heavy (non-hydrogen) atoms. The normalized spacial score (nSPS) is 23.4. The molecule has 0 bridgehead atoms. The van der Waals surface area contributed by atoms with Crippen LogP contribution < -0.4 is 11.1 Å². The minimum Gasteiger partial charge on any atom is -0.444 e. The van der Waals surface area contributed by atoms with Gasteiger partial charge in [-0.05, 0) is 20.8 Å². The summed E-state index contributed by atoms with van der Waals surface area (Å²) >= 11 is 0. The van der Waals surface area contributed by atoms with Crippen molar-refractivity contribution < 1.29 is 9.53 Å². The first-order valence-electron chi connectivity index (χ1n) is 4.86. The average Bonchev–Trinajstić information content (AvgIpc) is 2.01. The van der Waals surface area contributed by atoms with Gasteiger partial charge in [-0.1, -0.05) is 0 Å². The number of carbonyl (C=O) groups is 1. The number of carbonyl (C=O) groups excluding carboxylic acids is 1. The number of rotatable bonds is 0. The van der Waals surface area contributed by atoms with E-state index in [-0.39, 0.29) is 12.3 Å². The van der Waals surface area contributed by atoms with Crippen LogP contribution in [-0.4, -0.2) is 42.4 Å². The zero-order valence-electron chi connectivity index (χ0n) is 9.04. The van der Waals surface area contributed by atoms with Crippen molar-refractivity contribution >= 4 is 6.09 Å². The zero-order valence-corrected chi connectivity index (χ0v) is 9.04. The van der Waals surface area contributed by atoms with Crippen molar-refractivity contribution in [3.8, 4) is 0 Å². The molecule has 1 amide bonds. The van der Waals surface area contributed by atoms with E-state index in [1.165, 1.54) is 0 Å². The van der Waals surface area contributed by atoms with Crippen LogP contribution in [0.25, 0.3) is 0 Å². The van der Waals surface area contributed by atoms with Crippen LogP contribution in [0.5, 0.6) is 0 Å². The summed E-state index contributed by atoms with van der Waals surface area (Å²) in [5.74, 6) is 0. The highest BCUT2D eigenvalue weighted by molar-refractivity contribution is 5.68. The molecule has 1 aliphatic heterocycles. The molecular weight excluding hydrogens is 182 g/mol. The highest BCUT2D eigenvalue weighted by atomic mass is 16.6. The molecule has 5 heteroatoms. The summed E-state index contributed by atoms with van der Waals surface area (Å²) in [5, 5.41) is 3.11. The van der Waals surface area contributed by atoms with Crippen LogP contribution in [0.15, 0.2) is 0 Å². The number of nitrogens with zero attached hydrogens (tertiary/aromatic N) is 1. The van der Waals surface area contributed by atoms with Crippen LogP contribution in [0.2, 0.25) is 0 Å². The summed E-state index contributed by atoms with van der Waals surface area (Å²) in [6.45, 7) is 7.54. The lowest BCUT2D eigenvalue weighted by atomic mass is 10.2. The second-order valence-electron chi connectivity index (χ2n) is 4.45. The molecule has 1 saturated heterocycles. The van der Waals surface area contributed by atoms with Crippen molar-refractivity contribution in [2.75, 3.05) is 19.6 Å². The smallest absolute Gasteiger partial charge is 0.411 e. The lowest BCUT2D eigenvalue weighted by Crippen LogP contribution is -2.58. The molecule has 0 saturated carbocycles. The van der Waals surface area contributed by atoms with Gasteiger partial charge < -0.3 is 15.8 Å². The maximum atomic E-state index is 11.6. The minimum absolute atomic E-state index is 0.279. The summed E-state index contributed by atoms with van der Waals surface area (Å²) in [7, 11) is 0. The number of hydrogen-bond acceptors (Lipinski definition) is 4. The number of piperazine rings is 1. The van der Waals surface area contributed by atoms with Crippen molar-refractivity contribution in [2.24, 2.45) is 5.73 Å². The third-order valence-corrected chi connectivity index (χ3v) is 1.91. The number of hydrogen-bond donors (Lipinski definition) is 2. The number of amides is 1. The van der Waals surface area contributed by atoms with Crippen LogP contribution in [-0.2, 0) is 4.74 Å². The van der Waals surface area contributed by atoms with Crippen LogP contribution >= 0.6 is 0 Å². The molecule has 3 N–H and O–H groups in total. The SMILES string of the molecule is CC(C)(C)OC(=O)N1CCNCC1N. The predicted molar refractivity (Wildman–Crippen MR) is 53.8 cm³/mol. The van der Waals surface area contributed by atoms with E-state index in [0.29, 0.717) is 13.1 Å². The van der Waals surface area contributed by atoms with Crippen molar-refractivity contribution in [3.05, 3.63) is 0 Å². The largest absolute Gasteiger partial charge is 0.444 e. The maximum absolute atomic E-state index is 11.6. The molecule has 1 atom stereocenters. The van der Waals surface area contributed by atoms with Gasteiger partial charge in [0, 0.05) is 19.6 Å². The molecule has 0 aliphatic carbocycles. The van der Waals surface area contributed by atoms with E-state index in [4.69, 9.17) is 10.5 Å². The van der Waals surface area contributed by atoms with E-state index in [0.717, 1.165) is 6.54 Å². The third-order valence-electron chi connectivity index (χ3n) is 1.91. The first-order valence-corrected chi connectivity index (χ1v) is 4.86. The van der Waals surface area contributed by atoms with Crippen molar-refractivity contribution in [3.63, 3.8) is 0 Å². The minimum atomic E-state index is -0.457. The molecule has 0 aromatic carbocycles. The molecule has 1 rings (SSSR count). The molecule has 1 heterocycles. The monoisotopic (exact) mass is 201 g/mol. The van der Waals surface area contributed by atoms with E-state index in [9.17, 15) is 4.79 Å². The summed E-state index contributed by atoms with van der Waals surface area (Å²) in [5.41, 5.74) is 5.30. The van der Waals surface area contributed by atoms with Gasteiger partial charge in [-0.15, -0.1) is 0 Å². The van der Waals surface area contributed by atoms with E-state index in [1.54, 1.807) is 4.90 Å². The fourth-order valence-corrected chi connectivity index (χ4v) is 1.27. The Bertz CT molecular complexity index is 213. The molecule has 82 valence electrons. The Morgan fingerprint density at radius 1 is 1.57 bits per heavy atom. The second-order valence-corrected chi connectivity index (χ2v) is 4.45. The van der Waals surface area contributed by atoms with E-state index < -0.39 is 5.60 Å². The van der Waals surface area contributed by atoms with Gasteiger partial charge in [-0.2, -0.15) is 0 Å². The summed E-state index contributed by atoms with van der Waals surface area (Å²) in [6.07, 6.45) is -0.606. The topological polar surface area (TPSA) is 67.6 Å². The maximum Gasteiger partial charge on any atom is 0.411 e. The standard InChI is InChI=1S/C9H19N3O2/c1-9(2,3)14-8(13)12-5-4-11-6-7(12)10/h7,11H,4-6,10H2,1-3H3. The first kappa shape index (κ1) is 11.3. The molecule has 1 fully saturated rings. The Kier molecular flexibility index (Phi) is 3.34. The predicted octanol–water partition coefficient (Wildman–Crippen LogP) is 0.112. The van der Waals surface area contributed by atoms with Crippen molar-refractivity contribution in [2.45, 2.75) is 32.5 Å². The summed E-state index contributed by atoms with van der Waals surface area (Å²) in [4.78, 5) is 13.2. The van der Waals surface area contributed by atoms with Crippen LogP contribution in [0.3, 0.4) is 0 Å². The third kappa shape index (κ3) is 3.16. The summed E-state index contributed by atoms with van der Waals surface area (Å²) < 4.78 is 5.23. The quantitative estimate of drug-likeness (QED) is 0.584. The lowest BCUT2D eigenvalue weighted by Gasteiger charge is -2.34. The Balaban J connectivity index is 2.50. The number of nitrogens with one attached hydrogen (secondary N) is 1. The Morgan fingerprint density at radius 2 is 2.21 bits per heavy atom. The van der Waals surface area contributed by atoms with Gasteiger partial charge in [0.2, 0.25) is 0 Å². The Labute approximate surface area is 84.6 Å².